The molecule has 0 fully saturated rings. The Bertz CT molecular complexity index is 400. The molecule has 1 unspecified atom stereocenters. The Labute approximate surface area is 105 Å². The lowest BCUT2D eigenvalue weighted by Crippen LogP contribution is -2.27. The number of hydrogen-bond acceptors (Lipinski definition) is 6. The van der Waals surface area contributed by atoms with E-state index in [4.69, 9.17) is 10.5 Å². The van der Waals surface area contributed by atoms with Gasteiger partial charge in [0.2, 0.25) is 5.95 Å². The highest BCUT2D eigenvalue weighted by atomic mass is 16.6. The Morgan fingerprint density at radius 2 is 2.06 bits per heavy atom. The van der Waals surface area contributed by atoms with E-state index in [1.54, 1.807) is 20.8 Å². The number of carbonyl (C=O) groups excluding carboxylic acids is 1. The van der Waals surface area contributed by atoms with Crippen LogP contribution in [0.1, 0.15) is 32.4 Å². The third-order valence-electron chi connectivity index (χ3n) is 1.89. The van der Waals surface area contributed by atoms with E-state index in [9.17, 15) is 9.90 Å². The SMILES string of the molecule is CC(C)(C)OC(=O)Nc1ncc(C(O)CN)cn1. The standard InChI is InChI=1S/C11H18N4O3/c1-11(2,3)18-10(17)15-9-13-5-7(6-14-9)8(16)4-12/h5-6,8,16H,4,12H2,1-3H3,(H,13,14,15,17). The summed E-state index contributed by atoms with van der Waals surface area (Å²) in [6.07, 6.45) is 1.37. The topological polar surface area (TPSA) is 110 Å². The quantitative estimate of drug-likeness (QED) is 0.736. The molecular weight excluding hydrogens is 236 g/mol. The highest BCUT2D eigenvalue weighted by molar-refractivity contribution is 5.82. The van der Waals surface area contributed by atoms with Crippen molar-refractivity contribution >= 4 is 12.0 Å². The number of carbonyl (C=O) groups is 1. The number of amides is 1. The van der Waals surface area contributed by atoms with Crippen LogP contribution in [0.5, 0.6) is 0 Å². The molecule has 1 amide bonds. The average Bonchev–Trinajstić information content (AvgIpc) is 2.26. The van der Waals surface area contributed by atoms with E-state index in [2.05, 4.69) is 15.3 Å². The fourth-order valence-corrected chi connectivity index (χ4v) is 1.11. The van der Waals surface area contributed by atoms with Gasteiger partial charge in [0.15, 0.2) is 0 Å². The van der Waals surface area contributed by atoms with Gasteiger partial charge in [0, 0.05) is 24.5 Å². The second kappa shape index (κ2) is 5.74. The highest BCUT2D eigenvalue weighted by Gasteiger charge is 2.17. The smallest absolute Gasteiger partial charge is 0.414 e. The summed E-state index contributed by atoms with van der Waals surface area (Å²) in [4.78, 5) is 19.2. The Hall–Kier alpha value is -1.73. The number of aliphatic hydroxyl groups is 1. The summed E-state index contributed by atoms with van der Waals surface area (Å²) in [6, 6.07) is 0. The largest absolute Gasteiger partial charge is 0.444 e. The van der Waals surface area contributed by atoms with E-state index >= 15 is 0 Å². The van der Waals surface area contributed by atoms with Crippen LogP contribution in [0.2, 0.25) is 0 Å². The minimum absolute atomic E-state index is 0.0855. The molecule has 1 heterocycles. The van der Waals surface area contributed by atoms with Gasteiger partial charge in [-0.15, -0.1) is 0 Å². The molecule has 7 nitrogen and oxygen atoms in total. The summed E-state index contributed by atoms with van der Waals surface area (Å²) in [5, 5.41) is 11.8. The molecule has 0 spiro atoms. The van der Waals surface area contributed by atoms with Crippen LogP contribution in [-0.2, 0) is 4.74 Å². The summed E-state index contributed by atoms with van der Waals surface area (Å²) >= 11 is 0. The van der Waals surface area contributed by atoms with Crippen molar-refractivity contribution in [2.24, 2.45) is 5.73 Å². The van der Waals surface area contributed by atoms with E-state index < -0.39 is 17.8 Å². The first-order valence-electron chi connectivity index (χ1n) is 5.52. The lowest BCUT2D eigenvalue weighted by atomic mass is 10.2. The van der Waals surface area contributed by atoms with E-state index in [-0.39, 0.29) is 12.5 Å². The predicted molar refractivity (Wildman–Crippen MR) is 65.9 cm³/mol. The van der Waals surface area contributed by atoms with E-state index in [0.29, 0.717) is 5.56 Å². The van der Waals surface area contributed by atoms with Crippen molar-refractivity contribution in [2.75, 3.05) is 11.9 Å². The van der Waals surface area contributed by atoms with Gasteiger partial charge in [-0.2, -0.15) is 0 Å². The van der Waals surface area contributed by atoms with Crippen LogP contribution in [0, 0.1) is 0 Å². The van der Waals surface area contributed by atoms with Crippen LogP contribution >= 0.6 is 0 Å². The van der Waals surface area contributed by atoms with Crippen LogP contribution < -0.4 is 11.1 Å². The molecule has 0 aliphatic carbocycles. The Balaban J connectivity index is 2.61. The number of anilines is 1. The molecule has 7 heteroatoms. The molecule has 0 aliphatic heterocycles. The molecule has 0 saturated carbocycles. The van der Waals surface area contributed by atoms with Gasteiger partial charge in [0.05, 0.1) is 6.10 Å². The highest BCUT2D eigenvalue weighted by Crippen LogP contribution is 2.11. The molecule has 1 rings (SSSR count). The molecular formula is C11H18N4O3. The Morgan fingerprint density at radius 1 is 1.50 bits per heavy atom. The van der Waals surface area contributed by atoms with Crippen molar-refractivity contribution in [3.8, 4) is 0 Å². The van der Waals surface area contributed by atoms with Crippen molar-refractivity contribution in [1.29, 1.82) is 0 Å². The summed E-state index contributed by atoms with van der Waals surface area (Å²) in [5.74, 6) is 0.109. The van der Waals surface area contributed by atoms with Gasteiger partial charge >= 0.3 is 6.09 Å². The zero-order valence-electron chi connectivity index (χ0n) is 10.7. The summed E-state index contributed by atoms with van der Waals surface area (Å²) < 4.78 is 5.04. The number of hydrogen-bond donors (Lipinski definition) is 3. The first kappa shape index (κ1) is 14.3. The summed E-state index contributed by atoms with van der Waals surface area (Å²) in [6.45, 7) is 5.36. The van der Waals surface area contributed by atoms with Crippen LogP contribution in [0.4, 0.5) is 10.7 Å². The second-order valence-electron chi connectivity index (χ2n) is 4.72. The number of nitrogens with two attached hydrogens (primary N) is 1. The van der Waals surface area contributed by atoms with Crippen molar-refractivity contribution in [3.63, 3.8) is 0 Å². The fourth-order valence-electron chi connectivity index (χ4n) is 1.11. The van der Waals surface area contributed by atoms with E-state index in [1.807, 2.05) is 0 Å². The number of aromatic nitrogens is 2. The fraction of sp³-hybridized carbons (Fsp3) is 0.545. The number of ether oxygens (including phenoxy) is 1. The Morgan fingerprint density at radius 3 is 2.50 bits per heavy atom. The number of nitrogens with one attached hydrogen (secondary N) is 1. The maximum absolute atomic E-state index is 11.4. The van der Waals surface area contributed by atoms with Crippen molar-refractivity contribution in [1.82, 2.24) is 9.97 Å². The molecule has 0 aliphatic rings. The van der Waals surface area contributed by atoms with Crippen molar-refractivity contribution in [3.05, 3.63) is 18.0 Å². The summed E-state index contributed by atoms with van der Waals surface area (Å²) in [5.41, 5.74) is 5.21. The summed E-state index contributed by atoms with van der Waals surface area (Å²) in [7, 11) is 0. The van der Waals surface area contributed by atoms with Crippen LogP contribution in [0.15, 0.2) is 12.4 Å². The maximum atomic E-state index is 11.4. The number of nitrogens with zero attached hydrogens (tertiary/aromatic N) is 2. The van der Waals surface area contributed by atoms with Crippen molar-refractivity contribution in [2.45, 2.75) is 32.5 Å². The molecule has 0 radical (unpaired) electrons. The van der Waals surface area contributed by atoms with Gasteiger partial charge in [-0.3, -0.25) is 5.32 Å². The number of aliphatic hydroxyl groups excluding tert-OH is 1. The molecule has 1 atom stereocenters. The second-order valence-corrected chi connectivity index (χ2v) is 4.72. The monoisotopic (exact) mass is 254 g/mol. The van der Waals surface area contributed by atoms with Gasteiger partial charge < -0.3 is 15.6 Å². The maximum Gasteiger partial charge on any atom is 0.414 e. The third-order valence-corrected chi connectivity index (χ3v) is 1.89. The zero-order chi connectivity index (χ0) is 13.8. The zero-order valence-corrected chi connectivity index (χ0v) is 10.7. The number of rotatable bonds is 3. The molecule has 0 aromatic carbocycles. The molecule has 0 saturated heterocycles. The first-order valence-corrected chi connectivity index (χ1v) is 5.52. The van der Waals surface area contributed by atoms with Gasteiger partial charge in [-0.05, 0) is 20.8 Å². The van der Waals surface area contributed by atoms with Gasteiger partial charge in [0.25, 0.3) is 0 Å². The molecule has 1 aromatic heterocycles. The lowest BCUT2D eigenvalue weighted by molar-refractivity contribution is 0.0634. The molecule has 18 heavy (non-hydrogen) atoms. The third kappa shape index (κ3) is 4.64. The van der Waals surface area contributed by atoms with E-state index in [0.717, 1.165) is 0 Å². The lowest BCUT2D eigenvalue weighted by Gasteiger charge is -2.19. The normalized spacial score (nSPS) is 12.9. The minimum atomic E-state index is -0.805. The molecule has 100 valence electrons. The van der Waals surface area contributed by atoms with Crippen LogP contribution in [-0.4, -0.2) is 33.3 Å². The van der Waals surface area contributed by atoms with Gasteiger partial charge in [-0.25, -0.2) is 14.8 Å². The van der Waals surface area contributed by atoms with Crippen molar-refractivity contribution < 1.29 is 14.6 Å². The van der Waals surface area contributed by atoms with E-state index in [1.165, 1.54) is 12.4 Å². The minimum Gasteiger partial charge on any atom is -0.444 e. The van der Waals surface area contributed by atoms with Crippen LogP contribution in [0.25, 0.3) is 0 Å². The molecule has 1 aromatic rings. The molecule has 4 N–H and O–H groups in total. The van der Waals surface area contributed by atoms with Gasteiger partial charge in [-0.1, -0.05) is 0 Å². The Kier molecular flexibility index (Phi) is 4.57. The molecule has 0 bridgehead atoms. The predicted octanol–water partition coefficient (Wildman–Crippen LogP) is 0.816. The van der Waals surface area contributed by atoms with Crippen LogP contribution in [0.3, 0.4) is 0 Å². The average molecular weight is 254 g/mol. The first-order chi connectivity index (χ1) is 8.31. The van der Waals surface area contributed by atoms with Gasteiger partial charge in [0.1, 0.15) is 5.60 Å².